The average Bonchev–Trinajstić information content (AvgIpc) is 2.28. The van der Waals surface area contributed by atoms with Gasteiger partial charge in [0.2, 0.25) is 0 Å². The molecule has 13 heavy (non-hydrogen) atoms. The van der Waals surface area contributed by atoms with Gasteiger partial charge in [0.1, 0.15) is 5.82 Å². The van der Waals surface area contributed by atoms with Gasteiger partial charge in [-0.15, -0.1) is 0 Å². The smallest absolute Gasteiger partial charge is 0.195 e. The molecule has 1 N–H and O–H groups in total. The van der Waals surface area contributed by atoms with E-state index in [9.17, 15) is 0 Å². The van der Waals surface area contributed by atoms with Crippen LogP contribution in [0.4, 0.5) is 0 Å². The first-order chi connectivity index (χ1) is 5.84. The zero-order valence-corrected chi connectivity index (χ0v) is 9.70. The molecule has 1 heterocycles. The molecule has 0 fully saturated rings. The van der Waals surface area contributed by atoms with E-state index < -0.39 is 0 Å². The van der Waals surface area contributed by atoms with Gasteiger partial charge in [-0.05, 0) is 31.5 Å². The van der Waals surface area contributed by atoms with Gasteiger partial charge in [-0.3, -0.25) is 5.10 Å². The summed E-state index contributed by atoms with van der Waals surface area (Å²) >= 11 is 5.16. The zero-order valence-electron chi connectivity index (χ0n) is 8.88. The topological polar surface area (TPSA) is 33.6 Å². The second-order valence-electron chi connectivity index (χ2n) is 4.49. The van der Waals surface area contributed by atoms with E-state index in [0.29, 0.717) is 10.8 Å². The highest BCUT2D eigenvalue weighted by Gasteiger charge is 2.23. The van der Waals surface area contributed by atoms with Gasteiger partial charge in [-0.25, -0.2) is 0 Å². The van der Waals surface area contributed by atoms with Gasteiger partial charge < -0.3 is 4.57 Å². The molecular formula is C9H17N3S. The van der Waals surface area contributed by atoms with Crippen molar-refractivity contribution in [3.05, 3.63) is 10.6 Å². The van der Waals surface area contributed by atoms with Gasteiger partial charge in [-0.2, -0.15) is 5.10 Å². The molecule has 1 aromatic heterocycles. The first-order valence-electron chi connectivity index (χ1n) is 4.47. The fraction of sp³-hybridized carbons (Fsp3) is 0.778. The van der Waals surface area contributed by atoms with Crippen molar-refractivity contribution in [2.24, 2.45) is 5.41 Å². The van der Waals surface area contributed by atoms with Crippen LogP contribution in [0.2, 0.25) is 0 Å². The second kappa shape index (κ2) is 3.25. The summed E-state index contributed by atoms with van der Waals surface area (Å²) in [6.07, 6.45) is 0. The third-order valence-corrected chi connectivity index (χ3v) is 2.81. The fourth-order valence-electron chi connectivity index (χ4n) is 1.23. The molecule has 0 bridgehead atoms. The largest absolute Gasteiger partial charge is 0.301 e. The molecule has 0 aromatic carbocycles. The first kappa shape index (κ1) is 10.4. The zero-order chi connectivity index (χ0) is 10.2. The predicted molar refractivity (Wildman–Crippen MR) is 56.3 cm³/mol. The molecule has 1 atom stereocenters. The third-order valence-electron chi connectivity index (χ3n) is 2.52. The second-order valence-corrected chi connectivity index (χ2v) is 4.87. The number of aryl methyl sites for hydroxylation is 1. The summed E-state index contributed by atoms with van der Waals surface area (Å²) in [7, 11) is 0. The Hall–Kier alpha value is -0.640. The van der Waals surface area contributed by atoms with Crippen LogP contribution in [0.3, 0.4) is 0 Å². The van der Waals surface area contributed by atoms with Gasteiger partial charge >= 0.3 is 0 Å². The average molecular weight is 199 g/mol. The summed E-state index contributed by atoms with van der Waals surface area (Å²) in [6.45, 7) is 10.7. The highest BCUT2D eigenvalue weighted by molar-refractivity contribution is 7.71. The lowest BCUT2D eigenvalue weighted by molar-refractivity contribution is 0.257. The molecule has 74 valence electrons. The van der Waals surface area contributed by atoms with Gasteiger partial charge in [0.15, 0.2) is 4.77 Å². The molecule has 0 saturated carbocycles. The normalized spacial score (nSPS) is 14.5. The lowest BCUT2D eigenvalue weighted by atomic mass is 9.88. The molecule has 4 heteroatoms. The minimum Gasteiger partial charge on any atom is -0.301 e. The molecule has 1 aromatic rings. The summed E-state index contributed by atoms with van der Waals surface area (Å²) in [5, 5.41) is 6.90. The maximum Gasteiger partial charge on any atom is 0.195 e. The predicted octanol–water partition coefficient (Wildman–Crippen LogP) is 2.86. The Morgan fingerprint density at radius 3 is 2.31 bits per heavy atom. The quantitative estimate of drug-likeness (QED) is 0.706. The van der Waals surface area contributed by atoms with Crippen molar-refractivity contribution >= 4 is 12.2 Å². The van der Waals surface area contributed by atoms with E-state index in [0.717, 1.165) is 5.82 Å². The molecule has 3 nitrogen and oxygen atoms in total. The van der Waals surface area contributed by atoms with E-state index in [1.54, 1.807) is 0 Å². The van der Waals surface area contributed by atoms with Crippen LogP contribution in [0.1, 0.15) is 39.6 Å². The number of hydrogen-bond acceptors (Lipinski definition) is 2. The molecule has 0 aliphatic heterocycles. The number of hydrogen-bond donors (Lipinski definition) is 1. The highest BCUT2D eigenvalue weighted by atomic mass is 32.1. The lowest BCUT2D eigenvalue weighted by Gasteiger charge is -2.28. The summed E-state index contributed by atoms with van der Waals surface area (Å²) in [5.74, 6) is 0.951. The number of H-pyrrole nitrogens is 1. The standard InChI is InChI=1S/C9H17N3S/c1-6(9(3,4)5)12-7(2)10-11-8(12)13/h6H,1-5H3,(H,11,13). The minimum absolute atomic E-state index is 0.201. The Bertz CT molecular complexity index is 342. The monoisotopic (exact) mass is 199 g/mol. The molecule has 0 aliphatic rings. The van der Waals surface area contributed by atoms with Crippen LogP contribution in [-0.2, 0) is 0 Å². The van der Waals surface area contributed by atoms with Gasteiger partial charge in [0.05, 0.1) is 0 Å². The van der Waals surface area contributed by atoms with Crippen molar-refractivity contribution in [3.8, 4) is 0 Å². The number of aromatic nitrogens is 3. The molecule has 0 aliphatic carbocycles. The van der Waals surface area contributed by atoms with Gasteiger partial charge in [0.25, 0.3) is 0 Å². The molecule has 0 radical (unpaired) electrons. The molecule has 1 rings (SSSR count). The summed E-state index contributed by atoms with van der Waals surface area (Å²) in [4.78, 5) is 0. The van der Waals surface area contributed by atoms with Crippen LogP contribution in [0, 0.1) is 17.1 Å². The summed E-state index contributed by atoms with van der Waals surface area (Å²) in [5.41, 5.74) is 0.201. The van der Waals surface area contributed by atoms with Crippen LogP contribution in [0.25, 0.3) is 0 Å². The molecular weight excluding hydrogens is 182 g/mol. The molecule has 0 amide bonds. The van der Waals surface area contributed by atoms with Crippen molar-refractivity contribution in [2.45, 2.75) is 40.7 Å². The number of nitrogens with one attached hydrogen (secondary N) is 1. The van der Waals surface area contributed by atoms with E-state index >= 15 is 0 Å². The van der Waals surface area contributed by atoms with Crippen molar-refractivity contribution in [3.63, 3.8) is 0 Å². The van der Waals surface area contributed by atoms with E-state index in [2.05, 4.69) is 42.5 Å². The molecule has 0 saturated heterocycles. The SMILES string of the molecule is Cc1n[nH]c(=S)n1C(C)C(C)(C)C. The Balaban J connectivity index is 3.16. The summed E-state index contributed by atoms with van der Waals surface area (Å²) in [6, 6.07) is 0.360. The first-order valence-corrected chi connectivity index (χ1v) is 4.88. The number of aromatic amines is 1. The van der Waals surface area contributed by atoms with Gasteiger partial charge in [-0.1, -0.05) is 20.8 Å². The van der Waals surface area contributed by atoms with Gasteiger partial charge in [0, 0.05) is 6.04 Å². The maximum atomic E-state index is 5.16. The van der Waals surface area contributed by atoms with E-state index in [-0.39, 0.29) is 5.41 Å². The van der Waals surface area contributed by atoms with Crippen LogP contribution in [-0.4, -0.2) is 14.8 Å². The molecule has 1 unspecified atom stereocenters. The van der Waals surface area contributed by atoms with E-state index in [1.807, 2.05) is 6.92 Å². The Morgan fingerprint density at radius 1 is 1.46 bits per heavy atom. The number of nitrogens with zero attached hydrogens (tertiary/aromatic N) is 2. The van der Waals surface area contributed by atoms with Crippen molar-refractivity contribution in [1.29, 1.82) is 0 Å². The van der Waals surface area contributed by atoms with Crippen LogP contribution in [0.5, 0.6) is 0 Å². The van der Waals surface area contributed by atoms with E-state index in [1.165, 1.54) is 0 Å². The van der Waals surface area contributed by atoms with E-state index in [4.69, 9.17) is 12.2 Å². The Labute approximate surface area is 84.2 Å². The molecule has 0 spiro atoms. The van der Waals surface area contributed by atoms with Crippen molar-refractivity contribution in [2.75, 3.05) is 0 Å². The Morgan fingerprint density at radius 2 is 2.00 bits per heavy atom. The third kappa shape index (κ3) is 1.99. The fourth-order valence-corrected chi connectivity index (χ4v) is 1.56. The minimum atomic E-state index is 0.201. The maximum absolute atomic E-state index is 5.16. The lowest BCUT2D eigenvalue weighted by Crippen LogP contribution is -2.22. The Kier molecular flexibility index (Phi) is 2.61. The van der Waals surface area contributed by atoms with Crippen LogP contribution >= 0.6 is 12.2 Å². The highest BCUT2D eigenvalue weighted by Crippen LogP contribution is 2.30. The van der Waals surface area contributed by atoms with Crippen molar-refractivity contribution < 1.29 is 0 Å². The summed E-state index contributed by atoms with van der Waals surface area (Å²) < 4.78 is 2.77. The van der Waals surface area contributed by atoms with Crippen LogP contribution < -0.4 is 0 Å². The van der Waals surface area contributed by atoms with Crippen molar-refractivity contribution in [1.82, 2.24) is 14.8 Å². The number of rotatable bonds is 1. The van der Waals surface area contributed by atoms with Crippen LogP contribution in [0.15, 0.2) is 0 Å².